The number of hydrogen-bond acceptors (Lipinski definition) is 5. The van der Waals surface area contributed by atoms with Crippen molar-refractivity contribution in [2.75, 3.05) is 6.54 Å². The van der Waals surface area contributed by atoms with Crippen molar-refractivity contribution in [3.63, 3.8) is 0 Å². The lowest BCUT2D eigenvalue weighted by molar-refractivity contribution is -0.0265. The van der Waals surface area contributed by atoms with Crippen LogP contribution in [0.2, 0.25) is 0 Å². The van der Waals surface area contributed by atoms with E-state index in [9.17, 15) is 5.11 Å². The van der Waals surface area contributed by atoms with Crippen molar-refractivity contribution >= 4 is 32.5 Å². The molecule has 0 atom stereocenters. The van der Waals surface area contributed by atoms with Gasteiger partial charge in [0, 0.05) is 17.5 Å². The molecule has 0 unspecified atom stereocenters. The molecule has 0 bridgehead atoms. The van der Waals surface area contributed by atoms with E-state index in [-0.39, 0.29) is 0 Å². The third kappa shape index (κ3) is 2.54. The summed E-state index contributed by atoms with van der Waals surface area (Å²) in [4.78, 5) is 0. The van der Waals surface area contributed by atoms with Gasteiger partial charge in [-0.1, -0.05) is 11.7 Å². The number of hydrogen-bond donors (Lipinski definition) is 3. The summed E-state index contributed by atoms with van der Waals surface area (Å²) in [5, 5.41) is 9.53. The van der Waals surface area contributed by atoms with Crippen LogP contribution >= 0.6 is 32.5 Å². The fourth-order valence-electron chi connectivity index (χ4n) is 0.952. The third-order valence-electron chi connectivity index (χ3n) is 1.78. The number of aliphatic hydroxyl groups is 1. The van der Waals surface area contributed by atoms with Crippen molar-refractivity contribution in [1.29, 1.82) is 0 Å². The maximum absolute atomic E-state index is 9.53. The maximum Gasteiger partial charge on any atom is 0.0781 e. The Bertz CT molecular complexity index is 107. The summed E-state index contributed by atoms with van der Waals surface area (Å²) in [7, 11) is 2.82. The van der Waals surface area contributed by atoms with Crippen molar-refractivity contribution in [3.8, 4) is 0 Å². The van der Waals surface area contributed by atoms with Crippen molar-refractivity contribution in [2.45, 2.75) is 24.9 Å². The molecule has 10 heavy (non-hydrogen) atoms. The Morgan fingerprint density at radius 2 is 2.30 bits per heavy atom. The van der Waals surface area contributed by atoms with E-state index in [1.807, 2.05) is 0 Å². The summed E-state index contributed by atoms with van der Waals surface area (Å²) in [6, 6.07) is 0. The molecule has 0 aromatic heterocycles. The molecule has 1 aliphatic carbocycles. The van der Waals surface area contributed by atoms with Gasteiger partial charge < -0.3 is 5.11 Å². The van der Waals surface area contributed by atoms with Crippen LogP contribution in [0.15, 0.2) is 0 Å². The van der Waals surface area contributed by atoms with Crippen LogP contribution in [0, 0.1) is 0 Å². The van der Waals surface area contributed by atoms with E-state index < -0.39 is 5.60 Å². The van der Waals surface area contributed by atoms with Crippen molar-refractivity contribution in [2.24, 2.45) is 0 Å². The predicted octanol–water partition coefficient (Wildman–Crippen LogP) is 1.63. The molecule has 0 aromatic rings. The molecule has 1 fully saturated rings. The molecule has 1 saturated carbocycles. The first kappa shape index (κ1) is 9.06. The average molecular weight is 197 g/mol. The molecule has 0 aliphatic heterocycles. The highest BCUT2D eigenvalue weighted by Crippen LogP contribution is 2.32. The minimum atomic E-state index is -0.406. The fourth-order valence-corrected chi connectivity index (χ4v) is 2.14. The van der Waals surface area contributed by atoms with Crippen LogP contribution in [-0.2, 0) is 0 Å². The second kappa shape index (κ2) is 4.11. The summed E-state index contributed by atoms with van der Waals surface area (Å²) in [5.74, 6) is 0. The maximum atomic E-state index is 9.53. The summed E-state index contributed by atoms with van der Waals surface area (Å²) in [6.07, 6.45) is 3.05. The second-order valence-electron chi connectivity index (χ2n) is 2.56. The first-order chi connectivity index (χ1) is 4.77. The van der Waals surface area contributed by atoms with Crippen LogP contribution in [-0.4, -0.2) is 17.3 Å². The lowest BCUT2D eigenvalue weighted by Crippen LogP contribution is -2.44. The standard InChI is InChI=1S/C5H11NOS3/c7-5(2-1-3-5)4-6-9-10-8/h6-8H,1-4H2. The molecule has 0 amide bonds. The van der Waals surface area contributed by atoms with Gasteiger partial charge in [-0.05, 0) is 29.1 Å². The monoisotopic (exact) mass is 197 g/mol. The van der Waals surface area contributed by atoms with Crippen LogP contribution in [0.3, 0.4) is 0 Å². The van der Waals surface area contributed by atoms with Crippen molar-refractivity contribution in [1.82, 2.24) is 4.72 Å². The van der Waals surface area contributed by atoms with E-state index in [0.717, 1.165) is 19.3 Å². The van der Waals surface area contributed by atoms with Crippen LogP contribution in [0.1, 0.15) is 19.3 Å². The van der Waals surface area contributed by atoms with Crippen molar-refractivity contribution < 1.29 is 5.11 Å². The first-order valence-corrected chi connectivity index (χ1v) is 6.39. The zero-order chi connectivity index (χ0) is 7.45. The summed E-state index contributed by atoms with van der Waals surface area (Å²) in [6.45, 7) is 0.686. The Morgan fingerprint density at radius 3 is 2.70 bits per heavy atom. The van der Waals surface area contributed by atoms with Crippen LogP contribution in [0.25, 0.3) is 0 Å². The van der Waals surface area contributed by atoms with Gasteiger partial charge in [0.05, 0.1) is 5.60 Å². The predicted molar refractivity (Wildman–Crippen MR) is 51.0 cm³/mol. The largest absolute Gasteiger partial charge is 0.389 e. The van der Waals surface area contributed by atoms with E-state index >= 15 is 0 Å². The Hall–Kier alpha value is 0.970. The molecule has 1 rings (SSSR count). The highest BCUT2D eigenvalue weighted by molar-refractivity contribution is 9.05. The van der Waals surface area contributed by atoms with Gasteiger partial charge in [-0.25, -0.2) is 0 Å². The lowest BCUT2D eigenvalue weighted by atomic mass is 9.81. The van der Waals surface area contributed by atoms with Gasteiger partial charge in [-0.2, -0.15) is 0 Å². The molecule has 1 aliphatic rings. The van der Waals surface area contributed by atoms with Crippen LogP contribution < -0.4 is 4.72 Å². The van der Waals surface area contributed by atoms with Gasteiger partial charge in [0.2, 0.25) is 0 Å². The summed E-state index contributed by atoms with van der Waals surface area (Å²) >= 11 is 3.93. The quantitative estimate of drug-likeness (QED) is 0.277. The fraction of sp³-hybridized carbons (Fsp3) is 1.00. The van der Waals surface area contributed by atoms with Crippen molar-refractivity contribution in [3.05, 3.63) is 0 Å². The molecule has 0 radical (unpaired) electrons. The Balaban J connectivity index is 2.01. The van der Waals surface area contributed by atoms with Gasteiger partial charge in [0.25, 0.3) is 0 Å². The number of nitrogens with one attached hydrogen (secondary N) is 1. The summed E-state index contributed by atoms with van der Waals surface area (Å²) < 4.78 is 3.03. The Labute approximate surface area is 73.9 Å². The minimum Gasteiger partial charge on any atom is -0.389 e. The molecule has 0 aromatic carbocycles. The molecular weight excluding hydrogens is 186 g/mol. The second-order valence-corrected chi connectivity index (χ2v) is 5.45. The van der Waals surface area contributed by atoms with Gasteiger partial charge in [0.15, 0.2) is 0 Å². The molecule has 5 heteroatoms. The zero-order valence-electron chi connectivity index (χ0n) is 5.54. The van der Waals surface area contributed by atoms with E-state index in [2.05, 4.69) is 16.4 Å². The van der Waals surface area contributed by atoms with E-state index in [1.165, 1.54) is 20.8 Å². The number of thiol groups is 1. The van der Waals surface area contributed by atoms with Crippen LogP contribution in [0.5, 0.6) is 0 Å². The molecular formula is C5H11NOS3. The molecule has 60 valence electrons. The van der Waals surface area contributed by atoms with Crippen LogP contribution in [0.4, 0.5) is 0 Å². The van der Waals surface area contributed by atoms with E-state index in [1.54, 1.807) is 0 Å². The topological polar surface area (TPSA) is 32.3 Å². The van der Waals surface area contributed by atoms with Gasteiger partial charge in [0.1, 0.15) is 0 Å². The molecule has 0 saturated heterocycles. The molecule has 0 heterocycles. The first-order valence-electron chi connectivity index (χ1n) is 3.19. The van der Waals surface area contributed by atoms with E-state index in [0.29, 0.717) is 6.54 Å². The highest BCUT2D eigenvalue weighted by atomic mass is 33.5. The highest BCUT2D eigenvalue weighted by Gasteiger charge is 2.33. The SMILES string of the molecule is OC1(CNSSS)CCC1. The summed E-state index contributed by atoms with van der Waals surface area (Å²) in [5.41, 5.74) is -0.406. The molecule has 0 spiro atoms. The van der Waals surface area contributed by atoms with Gasteiger partial charge in [-0.3, -0.25) is 4.72 Å². The minimum absolute atomic E-state index is 0.406. The van der Waals surface area contributed by atoms with Gasteiger partial charge >= 0.3 is 0 Å². The average Bonchev–Trinajstić information content (AvgIpc) is 1.85. The Kier molecular flexibility index (Phi) is 3.72. The third-order valence-corrected chi connectivity index (χ3v) is 3.37. The normalized spacial score (nSPS) is 22.2. The van der Waals surface area contributed by atoms with E-state index in [4.69, 9.17) is 0 Å². The molecule has 2 N–H and O–H groups in total. The van der Waals surface area contributed by atoms with Gasteiger partial charge in [-0.15, -0.1) is 0 Å². The Morgan fingerprint density at radius 1 is 1.60 bits per heavy atom. The number of rotatable bonds is 4. The lowest BCUT2D eigenvalue weighted by Gasteiger charge is -2.36. The zero-order valence-corrected chi connectivity index (χ0v) is 8.07. The molecule has 2 nitrogen and oxygen atoms in total. The smallest absolute Gasteiger partial charge is 0.0781 e.